The van der Waals surface area contributed by atoms with Gasteiger partial charge in [-0.3, -0.25) is 9.59 Å². The van der Waals surface area contributed by atoms with Gasteiger partial charge < -0.3 is 15.4 Å². The molecule has 6 heteroatoms. The number of carbonyl (C=O) groups is 2. The molecule has 3 aromatic carbocycles. The van der Waals surface area contributed by atoms with E-state index in [1.165, 1.54) is 0 Å². The minimum atomic E-state index is -0.358. The summed E-state index contributed by atoms with van der Waals surface area (Å²) in [6, 6.07) is 21.1. The molecule has 0 atom stereocenters. The topological polar surface area (TPSA) is 67.4 Å². The smallest absolute Gasteiger partial charge is 0.259 e. The van der Waals surface area contributed by atoms with Crippen LogP contribution in [0.4, 0.5) is 5.69 Å². The summed E-state index contributed by atoms with van der Waals surface area (Å²) in [5, 5.41) is 6.01. The number of amides is 2. The second-order valence-corrected chi connectivity index (χ2v) is 6.43. The molecule has 0 saturated heterocycles. The minimum Gasteiger partial charge on any atom is -0.488 e. The summed E-state index contributed by atoms with van der Waals surface area (Å²) in [5.41, 5.74) is 2.13. The number of rotatable bonds is 6. The van der Waals surface area contributed by atoms with E-state index in [1.54, 1.807) is 67.7 Å². The summed E-state index contributed by atoms with van der Waals surface area (Å²) < 4.78 is 5.84. The van der Waals surface area contributed by atoms with E-state index in [1.807, 2.05) is 12.1 Å². The Hall–Kier alpha value is -3.31. The van der Waals surface area contributed by atoms with Crippen LogP contribution in [0.25, 0.3) is 0 Å². The number of hydrogen-bond donors (Lipinski definition) is 2. The van der Waals surface area contributed by atoms with Gasteiger partial charge in [0.2, 0.25) is 0 Å². The quantitative estimate of drug-likeness (QED) is 0.645. The van der Waals surface area contributed by atoms with Crippen molar-refractivity contribution in [2.24, 2.45) is 0 Å². The van der Waals surface area contributed by atoms with E-state index >= 15 is 0 Å². The molecule has 0 radical (unpaired) electrons. The summed E-state index contributed by atoms with van der Waals surface area (Å²) in [5.74, 6) is -0.182. The maximum absolute atomic E-state index is 12.8. The first-order valence-corrected chi connectivity index (χ1v) is 9.05. The predicted octanol–water partition coefficient (Wildman–Crippen LogP) is 4.53. The Kier molecular flexibility index (Phi) is 6.29. The zero-order valence-corrected chi connectivity index (χ0v) is 16.0. The summed E-state index contributed by atoms with van der Waals surface area (Å²) in [6.07, 6.45) is 0. The van der Waals surface area contributed by atoms with Crippen molar-refractivity contribution < 1.29 is 14.3 Å². The second-order valence-electron chi connectivity index (χ2n) is 5.99. The van der Waals surface area contributed by atoms with Crippen molar-refractivity contribution in [2.45, 2.75) is 6.61 Å². The average Bonchev–Trinajstić information content (AvgIpc) is 2.73. The van der Waals surface area contributed by atoms with Gasteiger partial charge in [0.05, 0.1) is 16.8 Å². The third-order valence-electron chi connectivity index (χ3n) is 4.09. The van der Waals surface area contributed by atoms with Crippen LogP contribution in [0.3, 0.4) is 0 Å². The van der Waals surface area contributed by atoms with Gasteiger partial charge in [-0.15, -0.1) is 0 Å². The Morgan fingerprint density at radius 3 is 2.21 bits per heavy atom. The van der Waals surface area contributed by atoms with E-state index in [0.717, 1.165) is 5.56 Å². The first-order chi connectivity index (χ1) is 13.6. The number of ether oxygens (including phenoxy) is 1. The van der Waals surface area contributed by atoms with Crippen LogP contribution in [0, 0.1) is 0 Å². The van der Waals surface area contributed by atoms with E-state index in [2.05, 4.69) is 10.6 Å². The summed E-state index contributed by atoms with van der Waals surface area (Å²) in [6.45, 7) is 0.302. The lowest BCUT2D eigenvalue weighted by atomic mass is 10.1. The third-order valence-corrected chi connectivity index (χ3v) is 4.34. The molecule has 0 fully saturated rings. The number of hydrogen-bond acceptors (Lipinski definition) is 3. The molecule has 0 aromatic heterocycles. The fraction of sp³-hybridized carbons (Fsp3) is 0.0909. The second kappa shape index (κ2) is 9.06. The zero-order valence-electron chi connectivity index (χ0n) is 15.2. The molecule has 0 aliphatic rings. The van der Waals surface area contributed by atoms with E-state index in [-0.39, 0.29) is 11.8 Å². The molecule has 28 heavy (non-hydrogen) atoms. The molecule has 5 nitrogen and oxygen atoms in total. The number of benzene rings is 3. The Labute approximate surface area is 168 Å². The van der Waals surface area contributed by atoms with E-state index in [0.29, 0.717) is 34.2 Å². The number of anilines is 1. The van der Waals surface area contributed by atoms with Gasteiger partial charge in [-0.1, -0.05) is 48.0 Å². The van der Waals surface area contributed by atoms with Crippen LogP contribution < -0.4 is 15.4 Å². The van der Waals surface area contributed by atoms with Crippen molar-refractivity contribution in [3.05, 3.63) is 94.5 Å². The summed E-state index contributed by atoms with van der Waals surface area (Å²) in [7, 11) is 1.54. The normalized spacial score (nSPS) is 10.2. The van der Waals surface area contributed by atoms with Crippen molar-refractivity contribution in [3.63, 3.8) is 0 Å². The molecule has 0 unspecified atom stereocenters. The molecule has 3 aromatic rings. The van der Waals surface area contributed by atoms with E-state index < -0.39 is 0 Å². The van der Waals surface area contributed by atoms with E-state index in [4.69, 9.17) is 16.3 Å². The molecular weight excluding hydrogens is 376 g/mol. The highest BCUT2D eigenvalue weighted by atomic mass is 35.5. The maximum Gasteiger partial charge on any atom is 0.259 e. The van der Waals surface area contributed by atoms with Crippen LogP contribution in [-0.2, 0) is 6.61 Å². The van der Waals surface area contributed by atoms with Crippen LogP contribution in [0.15, 0.2) is 72.8 Å². The zero-order chi connectivity index (χ0) is 19.9. The molecule has 142 valence electrons. The lowest BCUT2D eigenvalue weighted by molar-refractivity contribution is 0.0964. The summed E-state index contributed by atoms with van der Waals surface area (Å²) >= 11 is 5.90. The molecule has 0 aliphatic heterocycles. The number of halogens is 1. The Balaban J connectivity index is 1.78. The minimum absolute atomic E-state index is 0.275. The number of carbonyl (C=O) groups excluding carboxylic acids is 2. The Morgan fingerprint density at radius 2 is 1.50 bits per heavy atom. The largest absolute Gasteiger partial charge is 0.488 e. The first kappa shape index (κ1) is 19.5. The van der Waals surface area contributed by atoms with Crippen molar-refractivity contribution >= 4 is 29.1 Å². The highest BCUT2D eigenvalue weighted by Crippen LogP contribution is 2.23. The van der Waals surface area contributed by atoms with Gasteiger partial charge in [0.25, 0.3) is 11.8 Å². The average molecular weight is 395 g/mol. The Bertz CT molecular complexity index is 987. The highest BCUT2D eigenvalue weighted by Gasteiger charge is 2.16. The van der Waals surface area contributed by atoms with E-state index in [9.17, 15) is 9.59 Å². The van der Waals surface area contributed by atoms with Crippen LogP contribution >= 0.6 is 11.6 Å². The van der Waals surface area contributed by atoms with Gasteiger partial charge in [0.1, 0.15) is 12.4 Å². The summed E-state index contributed by atoms with van der Waals surface area (Å²) in [4.78, 5) is 24.8. The van der Waals surface area contributed by atoms with Crippen molar-refractivity contribution in [1.29, 1.82) is 0 Å². The SMILES string of the molecule is CNC(=O)c1ccccc1NC(=O)c1ccccc1OCc1ccc(Cl)cc1. The fourth-order valence-electron chi connectivity index (χ4n) is 2.64. The molecule has 0 aliphatic carbocycles. The molecule has 3 rings (SSSR count). The molecular formula is C22H19ClN2O3. The van der Waals surface area contributed by atoms with Crippen LogP contribution in [-0.4, -0.2) is 18.9 Å². The first-order valence-electron chi connectivity index (χ1n) is 8.67. The predicted molar refractivity (Wildman–Crippen MR) is 110 cm³/mol. The molecule has 0 spiro atoms. The van der Waals surface area contributed by atoms with Crippen LogP contribution in [0.2, 0.25) is 5.02 Å². The van der Waals surface area contributed by atoms with Crippen molar-refractivity contribution in [3.8, 4) is 5.75 Å². The third kappa shape index (κ3) is 4.69. The number of nitrogens with one attached hydrogen (secondary N) is 2. The van der Waals surface area contributed by atoms with Gasteiger partial charge in [-0.2, -0.15) is 0 Å². The van der Waals surface area contributed by atoms with Crippen LogP contribution in [0.1, 0.15) is 26.3 Å². The van der Waals surface area contributed by atoms with Crippen molar-refractivity contribution in [2.75, 3.05) is 12.4 Å². The van der Waals surface area contributed by atoms with Gasteiger partial charge in [-0.05, 0) is 42.0 Å². The lowest BCUT2D eigenvalue weighted by Gasteiger charge is -2.13. The standard InChI is InChI=1S/C22H19ClN2O3/c1-24-21(26)17-6-2-4-8-19(17)25-22(27)18-7-3-5-9-20(18)28-14-15-10-12-16(23)13-11-15/h2-13H,14H2,1H3,(H,24,26)(H,25,27). The fourth-order valence-corrected chi connectivity index (χ4v) is 2.76. The monoisotopic (exact) mass is 394 g/mol. The highest BCUT2D eigenvalue weighted by molar-refractivity contribution is 6.30. The van der Waals surface area contributed by atoms with Gasteiger partial charge in [-0.25, -0.2) is 0 Å². The molecule has 0 heterocycles. The van der Waals surface area contributed by atoms with Gasteiger partial charge in [0.15, 0.2) is 0 Å². The molecule has 2 N–H and O–H groups in total. The number of para-hydroxylation sites is 2. The van der Waals surface area contributed by atoms with Gasteiger partial charge >= 0.3 is 0 Å². The lowest BCUT2D eigenvalue weighted by Crippen LogP contribution is -2.21. The van der Waals surface area contributed by atoms with Gasteiger partial charge in [0, 0.05) is 12.1 Å². The molecule has 0 saturated carbocycles. The molecule has 2 amide bonds. The molecule has 0 bridgehead atoms. The van der Waals surface area contributed by atoms with Crippen LogP contribution in [0.5, 0.6) is 5.75 Å². The Morgan fingerprint density at radius 1 is 0.857 bits per heavy atom. The van der Waals surface area contributed by atoms with Crippen molar-refractivity contribution in [1.82, 2.24) is 5.32 Å². The maximum atomic E-state index is 12.8.